The van der Waals surface area contributed by atoms with Gasteiger partial charge in [-0.2, -0.15) is 50.5 Å². The number of hydrogen-bond donors (Lipinski definition) is 10. The molecule has 0 atom stereocenters. The molecule has 0 aliphatic rings. The van der Waals surface area contributed by atoms with Crippen LogP contribution in [-0.4, -0.2) is 101 Å². The van der Waals surface area contributed by atoms with E-state index in [4.69, 9.17) is 0 Å². The number of anilines is 4. The Morgan fingerprint density at radius 1 is 0.329 bits per heavy atom. The smallest absolute Gasteiger partial charge is 0.295 e. The molecule has 0 aliphatic carbocycles. The van der Waals surface area contributed by atoms with E-state index >= 15 is 0 Å². The number of carbonyl (C=O) groups is 4. The fourth-order valence-electron chi connectivity index (χ4n) is 7.53. The van der Waals surface area contributed by atoms with Crippen LogP contribution in [0.1, 0.15) is 52.6 Å². The van der Waals surface area contributed by atoms with Crippen LogP contribution in [0.2, 0.25) is 0 Å². The van der Waals surface area contributed by atoms with Crippen LogP contribution in [0.5, 0.6) is 0 Å². The first-order valence-corrected chi connectivity index (χ1v) is 29.2. The van der Waals surface area contributed by atoms with Crippen LogP contribution in [0.3, 0.4) is 0 Å². The minimum atomic E-state index is -5.46. The minimum absolute atomic E-state index is 0.0145. The molecule has 7 rings (SSSR count). The molecule has 7 aromatic rings. The maximum atomic E-state index is 13.7. The zero-order valence-electron chi connectivity index (χ0n) is 38.1. The maximum Gasteiger partial charge on any atom is 0.295 e. The molecule has 0 radical (unpaired) electrons. The van der Waals surface area contributed by atoms with Gasteiger partial charge in [-0.15, -0.1) is 0 Å². The second-order valence-corrected chi connectivity index (χ2v) is 24.6. The van der Waals surface area contributed by atoms with E-state index < -0.39 is 147 Å². The first-order valence-electron chi connectivity index (χ1n) is 20.6. The highest BCUT2D eigenvalue weighted by molar-refractivity contribution is 7.88. The van der Waals surface area contributed by atoms with Crippen molar-refractivity contribution in [1.29, 1.82) is 0 Å². The van der Waals surface area contributed by atoms with E-state index in [0.29, 0.717) is 35.4 Å². The van der Waals surface area contributed by atoms with Gasteiger partial charge in [0.1, 0.15) is 19.6 Å². The lowest BCUT2D eigenvalue weighted by atomic mass is 10.1. The van der Waals surface area contributed by atoms with Gasteiger partial charge in [0.15, 0.2) is 0 Å². The molecule has 0 saturated heterocycles. The molecule has 0 saturated carbocycles. The molecular weight excluding hydrogens is 1130 g/mol. The Labute approximate surface area is 430 Å². The Hall–Kier alpha value is -7.60. The lowest BCUT2D eigenvalue weighted by Gasteiger charge is -2.16. The average Bonchev–Trinajstić information content (AvgIpc) is 3.30. The molecular formula is C44H34N4O22S6. The summed E-state index contributed by atoms with van der Waals surface area (Å²) >= 11 is 0. The van der Waals surface area contributed by atoms with Crippen molar-refractivity contribution in [2.75, 3.05) is 21.3 Å². The van der Waals surface area contributed by atoms with Gasteiger partial charge in [0.05, 0.1) is 21.2 Å². The van der Waals surface area contributed by atoms with Gasteiger partial charge in [-0.25, -0.2) is 0 Å². The van der Waals surface area contributed by atoms with Crippen LogP contribution in [0.25, 0.3) is 21.5 Å². The van der Waals surface area contributed by atoms with E-state index in [1.54, 1.807) is 0 Å². The van der Waals surface area contributed by atoms with Gasteiger partial charge in [0.2, 0.25) is 0 Å². The molecule has 4 amide bonds. The number of nitrogens with one attached hydrogen (secondary N) is 4. The summed E-state index contributed by atoms with van der Waals surface area (Å²) in [5.41, 5.74) is -0.966. The predicted octanol–water partition coefficient (Wildman–Crippen LogP) is 5.10. The number of aryl methyl sites for hydroxylation is 2. The Kier molecular flexibility index (Phi) is 14.7. The number of fused-ring (bicyclic) bond motifs is 2. The van der Waals surface area contributed by atoms with Crippen LogP contribution in [0, 0.1) is 13.8 Å². The highest BCUT2D eigenvalue weighted by Crippen LogP contribution is 2.39. The maximum absolute atomic E-state index is 13.7. The van der Waals surface area contributed by atoms with Crippen molar-refractivity contribution in [2.24, 2.45) is 0 Å². The Morgan fingerprint density at radius 2 is 0.632 bits per heavy atom. The van der Waals surface area contributed by atoms with E-state index in [2.05, 4.69) is 21.3 Å². The van der Waals surface area contributed by atoms with E-state index in [-0.39, 0.29) is 45.8 Å². The molecule has 398 valence electrons. The van der Waals surface area contributed by atoms with Crippen LogP contribution in [0.15, 0.2) is 139 Å². The van der Waals surface area contributed by atoms with Gasteiger partial charge < -0.3 is 21.3 Å². The Bertz CT molecular complexity index is 4170. The topological polar surface area (TPSA) is 443 Å². The molecule has 32 heteroatoms. The molecule has 0 spiro atoms. The summed E-state index contributed by atoms with van der Waals surface area (Å²) < 4.78 is 206. The van der Waals surface area contributed by atoms with E-state index in [1.165, 1.54) is 74.5 Å². The first-order chi connectivity index (χ1) is 34.9. The lowest BCUT2D eigenvalue weighted by Crippen LogP contribution is -2.18. The molecule has 0 fully saturated rings. The number of carbonyl (C=O) groups excluding carboxylic acids is 4. The second kappa shape index (κ2) is 19.8. The first kappa shape index (κ1) is 56.1. The zero-order valence-corrected chi connectivity index (χ0v) is 43.0. The highest BCUT2D eigenvalue weighted by atomic mass is 32.2. The van der Waals surface area contributed by atoms with Gasteiger partial charge in [-0.05, 0) is 116 Å². The van der Waals surface area contributed by atoms with E-state index in [1.807, 2.05) is 0 Å². The minimum Gasteiger partial charge on any atom is -0.322 e. The fourth-order valence-corrected chi connectivity index (χ4v) is 11.6. The average molecular weight is 1160 g/mol. The summed E-state index contributed by atoms with van der Waals surface area (Å²) in [6.07, 6.45) is 0. The Morgan fingerprint density at radius 3 is 0.934 bits per heavy atom. The highest BCUT2D eigenvalue weighted by Gasteiger charge is 2.30. The van der Waals surface area contributed by atoms with Gasteiger partial charge in [0, 0.05) is 55.2 Å². The van der Waals surface area contributed by atoms with E-state index in [0.717, 1.165) is 12.1 Å². The Balaban J connectivity index is 1.13. The number of amides is 4. The van der Waals surface area contributed by atoms with Crippen molar-refractivity contribution in [3.63, 3.8) is 0 Å². The quantitative estimate of drug-likeness (QED) is 0.0633. The fraction of sp³-hybridized carbons (Fsp3) is 0.0455. The van der Waals surface area contributed by atoms with Crippen molar-refractivity contribution in [3.8, 4) is 0 Å². The van der Waals surface area contributed by atoms with Crippen LogP contribution >= 0.6 is 0 Å². The number of benzene rings is 7. The molecule has 0 unspecified atom stereocenters. The summed E-state index contributed by atoms with van der Waals surface area (Å²) in [7, 11) is -31.9. The van der Waals surface area contributed by atoms with Gasteiger partial charge in [-0.3, -0.25) is 46.5 Å². The monoisotopic (exact) mass is 1160 g/mol. The van der Waals surface area contributed by atoms with Gasteiger partial charge in [-0.1, -0.05) is 18.2 Å². The molecule has 0 heterocycles. The third-order valence-electron chi connectivity index (χ3n) is 11.1. The largest absolute Gasteiger partial charge is 0.322 e. The van der Waals surface area contributed by atoms with Crippen molar-refractivity contribution in [1.82, 2.24) is 0 Å². The number of rotatable bonds is 14. The summed E-state index contributed by atoms with van der Waals surface area (Å²) in [6.45, 7) is 3.07. The van der Waals surface area contributed by atoms with Gasteiger partial charge in [0.25, 0.3) is 84.3 Å². The summed E-state index contributed by atoms with van der Waals surface area (Å²) in [6, 6.07) is 17.3. The molecule has 7 aromatic carbocycles. The van der Waals surface area contributed by atoms with Crippen molar-refractivity contribution < 1.29 is 97.0 Å². The van der Waals surface area contributed by atoms with E-state index in [9.17, 15) is 97.0 Å². The standard InChI is InChI=1S/C44H34N4O22S6/c1-21-6-8-25(43(51)45-31-10-12-35(73(59,60)61)29-17-27(71(53,54)55)19-37(39(29)31)75(65,66)67)15-33(21)47-41(49)23-4-3-5-24(14-23)42(50)48-34-16-26(9-7-22(34)2)44(52)46-32-11-13-36(74(62,63)64)30-18-28(72(56,57)58)20-38(40(30)32)76(68,69)70/h3-20H,1-2H3,(H,45,51)(H,46,52)(H,47,49)(H,48,50)(H,53,54,55)(H,56,57,58)(H,59,60,61)(H,62,63,64)(H,65,66,67)(H,68,69,70). The normalized spacial score (nSPS) is 12.5. The second-order valence-electron chi connectivity index (χ2n) is 16.2. The molecule has 0 aromatic heterocycles. The van der Waals surface area contributed by atoms with Crippen molar-refractivity contribution >= 4 is 129 Å². The van der Waals surface area contributed by atoms with Crippen LogP contribution in [-0.2, 0) is 60.7 Å². The van der Waals surface area contributed by atoms with Crippen molar-refractivity contribution in [3.05, 3.63) is 143 Å². The summed E-state index contributed by atoms with van der Waals surface area (Å²) in [5, 5.41) is 6.50. The van der Waals surface area contributed by atoms with Crippen LogP contribution < -0.4 is 21.3 Å². The zero-order chi connectivity index (χ0) is 56.4. The molecule has 26 nitrogen and oxygen atoms in total. The predicted molar refractivity (Wildman–Crippen MR) is 267 cm³/mol. The summed E-state index contributed by atoms with van der Waals surface area (Å²) in [5.74, 6) is -3.74. The molecule has 76 heavy (non-hydrogen) atoms. The number of hydrogen-bond acceptors (Lipinski definition) is 16. The third-order valence-corrected chi connectivity index (χ3v) is 16.4. The third kappa shape index (κ3) is 11.9. The van der Waals surface area contributed by atoms with Gasteiger partial charge >= 0.3 is 0 Å². The molecule has 0 aliphatic heterocycles. The lowest BCUT2D eigenvalue weighted by molar-refractivity contribution is 0.101. The van der Waals surface area contributed by atoms with Crippen molar-refractivity contribution in [2.45, 2.75) is 43.2 Å². The SMILES string of the molecule is Cc1ccc(C(=O)Nc2ccc(S(=O)(=O)O)c3cc(S(=O)(=O)O)cc(S(=O)(=O)O)c23)cc1NC(=O)c1cccc(C(=O)Nc2cc(C(=O)Nc3ccc(S(=O)(=O)O)c4cc(S(=O)(=O)O)cc(S(=O)(=O)O)c34)ccc2C)c1. The molecule has 10 N–H and O–H groups in total. The molecule has 0 bridgehead atoms. The van der Waals surface area contributed by atoms with Crippen LogP contribution in [0.4, 0.5) is 22.7 Å². The summed E-state index contributed by atoms with van der Waals surface area (Å²) in [4.78, 5) is 47.5.